The van der Waals surface area contributed by atoms with Crippen molar-refractivity contribution in [3.63, 3.8) is 0 Å². The number of aromatic carboxylic acids is 1. The van der Waals surface area contributed by atoms with Crippen molar-refractivity contribution in [3.05, 3.63) is 35.2 Å². The number of halogens is 2. The van der Waals surface area contributed by atoms with Gasteiger partial charge in [-0.2, -0.15) is 4.98 Å². The molecule has 2 aromatic rings. The van der Waals surface area contributed by atoms with Gasteiger partial charge in [0.1, 0.15) is 0 Å². The standard InChI is InChI=1S/C12H10F2N2O3/c1-5(2)10-15-11(19-16-10)6-3-8(13)9(14)4-7(6)12(17)18/h3-5H,1-2H3,(H,17,18). The second-order valence-electron chi connectivity index (χ2n) is 4.23. The zero-order chi connectivity index (χ0) is 14.2. The lowest BCUT2D eigenvalue weighted by Gasteiger charge is -2.02. The Bertz CT molecular complexity index is 638. The topological polar surface area (TPSA) is 76.2 Å². The fourth-order valence-corrected chi connectivity index (χ4v) is 1.48. The third-order valence-electron chi connectivity index (χ3n) is 2.48. The van der Waals surface area contributed by atoms with Gasteiger partial charge in [-0.15, -0.1) is 0 Å². The smallest absolute Gasteiger partial charge is 0.336 e. The van der Waals surface area contributed by atoms with Crippen LogP contribution in [0, 0.1) is 11.6 Å². The first kappa shape index (κ1) is 13.1. The lowest BCUT2D eigenvalue weighted by Crippen LogP contribution is -2.02. The predicted molar refractivity (Wildman–Crippen MR) is 60.7 cm³/mol. The molecular formula is C12H10F2N2O3. The minimum Gasteiger partial charge on any atom is -0.478 e. The summed E-state index contributed by atoms with van der Waals surface area (Å²) in [7, 11) is 0. The second-order valence-corrected chi connectivity index (χ2v) is 4.23. The lowest BCUT2D eigenvalue weighted by molar-refractivity contribution is 0.0696. The largest absolute Gasteiger partial charge is 0.478 e. The maximum atomic E-state index is 13.2. The van der Waals surface area contributed by atoms with E-state index in [2.05, 4.69) is 10.1 Å². The summed E-state index contributed by atoms with van der Waals surface area (Å²) in [4.78, 5) is 15.0. The van der Waals surface area contributed by atoms with Gasteiger partial charge >= 0.3 is 5.97 Å². The first-order chi connectivity index (χ1) is 8.90. The molecule has 0 amide bonds. The first-order valence-electron chi connectivity index (χ1n) is 5.46. The van der Waals surface area contributed by atoms with Crippen LogP contribution in [0.3, 0.4) is 0 Å². The van der Waals surface area contributed by atoms with Crippen LogP contribution in [0.25, 0.3) is 11.5 Å². The molecule has 2 rings (SSSR count). The number of aromatic nitrogens is 2. The quantitative estimate of drug-likeness (QED) is 0.926. The van der Waals surface area contributed by atoms with Crippen molar-refractivity contribution in [1.29, 1.82) is 0 Å². The van der Waals surface area contributed by atoms with Crippen molar-refractivity contribution < 1.29 is 23.2 Å². The molecule has 0 atom stereocenters. The van der Waals surface area contributed by atoms with Crippen LogP contribution in [0.5, 0.6) is 0 Å². The Morgan fingerprint density at radius 3 is 2.47 bits per heavy atom. The molecule has 1 aromatic heterocycles. The summed E-state index contributed by atoms with van der Waals surface area (Å²) in [5, 5.41) is 12.6. The zero-order valence-corrected chi connectivity index (χ0v) is 10.1. The van der Waals surface area contributed by atoms with Crippen LogP contribution in [0.1, 0.15) is 35.9 Å². The molecule has 19 heavy (non-hydrogen) atoms. The van der Waals surface area contributed by atoms with Gasteiger partial charge < -0.3 is 9.63 Å². The average molecular weight is 268 g/mol. The van der Waals surface area contributed by atoms with E-state index in [4.69, 9.17) is 9.63 Å². The Labute approximate surface area is 106 Å². The van der Waals surface area contributed by atoms with Crippen molar-refractivity contribution in [2.75, 3.05) is 0 Å². The van der Waals surface area contributed by atoms with E-state index in [-0.39, 0.29) is 17.4 Å². The van der Waals surface area contributed by atoms with Gasteiger partial charge in [0.15, 0.2) is 17.5 Å². The normalized spacial score (nSPS) is 11.0. The summed E-state index contributed by atoms with van der Waals surface area (Å²) in [6.07, 6.45) is 0. The SMILES string of the molecule is CC(C)c1noc(-c2cc(F)c(F)cc2C(=O)O)n1. The summed E-state index contributed by atoms with van der Waals surface area (Å²) >= 11 is 0. The van der Waals surface area contributed by atoms with Gasteiger partial charge in [0.05, 0.1) is 11.1 Å². The summed E-state index contributed by atoms with van der Waals surface area (Å²) in [5.74, 6) is -3.65. The first-order valence-corrected chi connectivity index (χ1v) is 5.46. The molecule has 0 aliphatic carbocycles. The van der Waals surface area contributed by atoms with E-state index in [1.54, 1.807) is 0 Å². The fourth-order valence-electron chi connectivity index (χ4n) is 1.48. The van der Waals surface area contributed by atoms with Crippen LogP contribution in [-0.4, -0.2) is 21.2 Å². The number of rotatable bonds is 3. The van der Waals surface area contributed by atoms with E-state index in [9.17, 15) is 13.6 Å². The van der Waals surface area contributed by atoms with Crippen LogP contribution in [0.4, 0.5) is 8.78 Å². The fraction of sp³-hybridized carbons (Fsp3) is 0.250. The number of hydrogen-bond donors (Lipinski definition) is 1. The molecule has 0 radical (unpaired) electrons. The monoisotopic (exact) mass is 268 g/mol. The highest BCUT2D eigenvalue weighted by Gasteiger charge is 2.21. The van der Waals surface area contributed by atoms with E-state index in [1.807, 2.05) is 13.8 Å². The second kappa shape index (κ2) is 4.75. The molecule has 0 fully saturated rings. The number of carbonyl (C=O) groups is 1. The minimum absolute atomic E-state index is 0.0314. The van der Waals surface area contributed by atoms with E-state index >= 15 is 0 Å². The Kier molecular flexibility index (Phi) is 3.28. The molecule has 0 unspecified atom stereocenters. The summed E-state index contributed by atoms with van der Waals surface area (Å²) in [6, 6.07) is 1.32. The van der Waals surface area contributed by atoms with Crippen molar-refractivity contribution in [3.8, 4) is 11.5 Å². The van der Waals surface area contributed by atoms with Gasteiger partial charge in [-0.3, -0.25) is 0 Å². The molecular weight excluding hydrogens is 258 g/mol. The van der Waals surface area contributed by atoms with Gasteiger partial charge in [-0.05, 0) is 12.1 Å². The molecule has 0 saturated heterocycles. The average Bonchev–Trinajstić information content (AvgIpc) is 2.81. The van der Waals surface area contributed by atoms with E-state index in [0.717, 1.165) is 6.07 Å². The zero-order valence-electron chi connectivity index (χ0n) is 10.1. The van der Waals surface area contributed by atoms with E-state index in [1.165, 1.54) is 0 Å². The number of nitrogens with zero attached hydrogens (tertiary/aromatic N) is 2. The summed E-state index contributed by atoms with van der Waals surface area (Å²) < 4.78 is 31.2. The van der Waals surface area contributed by atoms with Crippen LogP contribution in [0.15, 0.2) is 16.7 Å². The van der Waals surface area contributed by atoms with Gasteiger partial charge in [-0.25, -0.2) is 13.6 Å². The van der Waals surface area contributed by atoms with E-state index < -0.39 is 23.2 Å². The Balaban J connectivity index is 2.59. The molecule has 100 valence electrons. The molecule has 1 N–H and O–H groups in total. The maximum Gasteiger partial charge on any atom is 0.336 e. The summed E-state index contributed by atoms with van der Waals surface area (Å²) in [6.45, 7) is 3.63. The maximum absolute atomic E-state index is 13.2. The molecule has 0 aliphatic heterocycles. The van der Waals surface area contributed by atoms with Crippen LogP contribution >= 0.6 is 0 Å². The Hall–Kier alpha value is -2.31. The molecule has 1 heterocycles. The number of carboxylic acid groups (broad SMARTS) is 1. The van der Waals surface area contributed by atoms with Crippen molar-refractivity contribution in [2.24, 2.45) is 0 Å². The third-order valence-corrected chi connectivity index (χ3v) is 2.48. The van der Waals surface area contributed by atoms with Crippen molar-refractivity contribution in [1.82, 2.24) is 10.1 Å². The number of benzene rings is 1. The van der Waals surface area contributed by atoms with Crippen LogP contribution in [0.2, 0.25) is 0 Å². The van der Waals surface area contributed by atoms with Crippen molar-refractivity contribution in [2.45, 2.75) is 19.8 Å². The highest BCUT2D eigenvalue weighted by molar-refractivity contribution is 5.94. The summed E-state index contributed by atoms with van der Waals surface area (Å²) in [5.41, 5.74) is -0.580. The molecule has 1 aromatic carbocycles. The highest BCUT2D eigenvalue weighted by Crippen LogP contribution is 2.26. The molecule has 0 spiro atoms. The minimum atomic E-state index is -1.40. The number of hydrogen-bond acceptors (Lipinski definition) is 4. The van der Waals surface area contributed by atoms with Gasteiger partial charge in [0.2, 0.25) is 0 Å². The van der Waals surface area contributed by atoms with Crippen molar-refractivity contribution >= 4 is 5.97 Å². The van der Waals surface area contributed by atoms with Gasteiger partial charge in [-0.1, -0.05) is 19.0 Å². The molecule has 0 aliphatic rings. The molecule has 0 saturated carbocycles. The van der Waals surface area contributed by atoms with Crippen LogP contribution in [-0.2, 0) is 0 Å². The Morgan fingerprint density at radius 1 is 1.32 bits per heavy atom. The van der Waals surface area contributed by atoms with Gasteiger partial charge in [0.25, 0.3) is 5.89 Å². The lowest BCUT2D eigenvalue weighted by atomic mass is 10.1. The molecule has 0 bridgehead atoms. The molecule has 5 nitrogen and oxygen atoms in total. The third kappa shape index (κ3) is 2.44. The number of carboxylic acids is 1. The Morgan fingerprint density at radius 2 is 1.95 bits per heavy atom. The predicted octanol–water partition coefficient (Wildman–Crippen LogP) is 2.84. The van der Waals surface area contributed by atoms with Crippen LogP contribution < -0.4 is 0 Å². The molecule has 7 heteroatoms. The highest BCUT2D eigenvalue weighted by atomic mass is 19.2. The van der Waals surface area contributed by atoms with E-state index in [0.29, 0.717) is 11.9 Å². The van der Waals surface area contributed by atoms with Gasteiger partial charge in [0, 0.05) is 5.92 Å².